The van der Waals surface area contributed by atoms with Crippen LogP contribution in [0.25, 0.3) is 10.9 Å². The molecule has 0 spiro atoms. The predicted molar refractivity (Wildman–Crippen MR) is 111 cm³/mol. The van der Waals surface area contributed by atoms with Crippen LogP contribution in [0.4, 0.5) is 15.8 Å². The number of pyridine rings is 1. The molecular formula is C22H19FN4O3. The van der Waals surface area contributed by atoms with Gasteiger partial charge >= 0.3 is 5.91 Å². The summed E-state index contributed by atoms with van der Waals surface area (Å²) >= 11 is 0. The summed E-state index contributed by atoms with van der Waals surface area (Å²) < 4.78 is 13.8. The van der Waals surface area contributed by atoms with Crippen molar-refractivity contribution < 1.29 is 14.0 Å². The molecular weight excluding hydrogens is 387 g/mol. The van der Waals surface area contributed by atoms with Crippen LogP contribution in [0.15, 0.2) is 53.3 Å². The monoisotopic (exact) mass is 406 g/mol. The van der Waals surface area contributed by atoms with E-state index in [-0.39, 0.29) is 11.4 Å². The van der Waals surface area contributed by atoms with Gasteiger partial charge in [-0.3, -0.25) is 24.2 Å². The summed E-state index contributed by atoms with van der Waals surface area (Å²) in [6.45, 7) is 2.85. The van der Waals surface area contributed by atoms with E-state index in [4.69, 9.17) is 0 Å². The molecule has 1 fully saturated rings. The van der Waals surface area contributed by atoms with Gasteiger partial charge in [-0.15, -0.1) is 0 Å². The van der Waals surface area contributed by atoms with E-state index in [1.54, 1.807) is 24.3 Å². The molecule has 0 atom stereocenters. The Hall–Kier alpha value is -3.52. The molecule has 0 bridgehead atoms. The van der Waals surface area contributed by atoms with Gasteiger partial charge in [-0.1, -0.05) is 12.1 Å². The number of aromatic amines is 1. The summed E-state index contributed by atoms with van der Waals surface area (Å²) in [5, 5.41) is 0.664. The number of carbonyl (C=O) groups is 2. The molecule has 7 nitrogen and oxygen atoms in total. The Morgan fingerprint density at radius 2 is 1.67 bits per heavy atom. The lowest BCUT2D eigenvalue weighted by atomic mass is 10.1. The smallest absolute Gasteiger partial charge is 0.300 e. The molecule has 0 radical (unpaired) electrons. The quantitative estimate of drug-likeness (QED) is 0.673. The number of carbonyl (C=O) groups excluding carboxylic acids is 2. The zero-order chi connectivity index (χ0) is 20.8. The summed E-state index contributed by atoms with van der Waals surface area (Å²) in [6.07, 6.45) is 0. The molecule has 1 amide bonds. The first-order valence-electron chi connectivity index (χ1n) is 9.76. The molecule has 152 valence electrons. The van der Waals surface area contributed by atoms with E-state index < -0.39 is 11.7 Å². The maximum atomic E-state index is 13.8. The minimum absolute atomic E-state index is 0.232. The van der Waals surface area contributed by atoms with E-state index in [0.717, 1.165) is 0 Å². The van der Waals surface area contributed by atoms with E-state index in [1.165, 1.54) is 23.1 Å². The molecule has 8 heteroatoms. The van der Waals surface area contributed by atoms with Crippen LogP contribution >= 0.6 is 0 Å². The first kappa shape index (κ1) is 18.5. The number of hydrogen-bond acceptors (Lipinski definition) is 5. The number of benzene rings is 2. The number of para-hydroxylation sites is 1. The molecule has 30 heavy (non-hydrogen) atoms. The number of H-pyrrole nitrogens is 1. The van der Waals surface area contributed by atoms with Crippen molar-refractivity contribution in [1.82, 2.24) is 9.88 Å². The van der Waals surface area contributed by atoms with Gasteiger partial charge in [0.05, 0.1) is 29.1 Å². The van der Waals surface area contributed by atoms with E-state index >= 15 is 0 Å². The van der Waals surface area contributed by atoms with Crippen LogP contribution in [0.5, 0.6) is 0 Å². The number of nitrogens with one attached hydrogen (secondary N) is 1. The van der Waals surface area contributed by atoms with E-state index in [2.05, 4.69) is 14.8 Å². The van der Waals surface area contributed by atoms with E-state index in [9.17, 15) is 18.8 Å². The van der Waals surface area contributed by atoms with Crippen molar-refractivity contribution >= 4 is 34.0 Å². The van der Waals surface area contributed by atoms with Crippen LogP contribution in [-0.2, 0) is 4.79 Å². The normalized spacial score (nSPS) is 17.1. The van der Waals surface area contributed by atoms with Gasteiger partial charge in [0.25, 0.3) is 5.78 Å². The van der Waals surface area contributed by atoms with Crippen molar-refractivity contribution in [3.63, 3.8) is 0 Å². The molecule has 1 N–H and O–H groups in total. The molecule has 0 unspecified atom stereocenters. The van der Waals surface area contributed by atoms with Gasteiger partial charge in [0.1, 0.15) is 5.82 Å². The summed E-state index contributed by atoms with van der Waals surface area (Å²) in [7, 11) is 0. The number of rotatable bonds is 3. The summed E-state index contributed by atoms with van der Waals surface area (Å²) in [5.74, 6) is -1.33. The Morgan fingerprint density at radius 1 is 0.900 bits per heavy atom. The van der Waals surface area contributed by atoms with Gasteiger partial charge in [0.15, 0.2) is 0 Å². The molecule has 3 heterocycles. The lowest BCUT2D eigenvalue weighted by Gasteiger charge is -2.38. The zero-order valence-corrected chi connectivity index (χ0v) is 16.1. The largest absolute Gasteiger partial charge is 0.368 e. The Bertz CT molecular complexity index is 1230. The van der Waals surface area contributed by atoms with Crippen molar-refractivity contribution in [1.29, 1.82) is 0 Å². The first-order chi connectivity index (χ1) is 14.5. The molecule has 2 aliphatic heterocycles. The minimum atomic E-state index is -0.505. The van der Waals surface area contributed by atoms with Gasteiger partial charge in [-0.05, 0) is 30.3 Å². The minimum Gasteiger partial charge on any atom is -0.368 e. The number of Topliss-reactive ketones (excluding diaryl/α,β-unsaturated/α-hetero) is 1. The molecule has 1 saturated heterocycles. The Morgan fingerprint density at radius 3 is 2.47 bits per heavy atom. The second kappa shape index (κ2) is 7.07. The third kappa shape index (κ3) is 3.05. The maximum Gasteiger partial charge on any atom is 0.300 e. The average molecular weight is 406 g/mol. The maximum absolute atomic E-state index is 13.8. The van der Waals surface area contributed by atoms with E-state index in [0.29, 0.717) is 60.7 Å². The highest BCUT2D eigenvalue weighted by Gasteiger charge is 2.36. The fraction of sp³-hybridized carbons (Fsp3) is 0.227. The third-order valence-electron chi connectivity index (χ3n) is 5.72. The van der Waals surface area contributed by atoms with Crippen molar-refractivity contribution in [2.45, 2.75) is 0 Å². The van der Waals surface area contributed by atoms with Crippen molar-refractivity contribution in [2.75, 3.05) is 42.6 Å². The fourth-order valence-electron chi connectivity index (χ4n) is 4.19. The number of nitrogens with zero attached hydrogens (tertiary/aromatic N) is 3. The van der Waals surface area contributed by atoms with Gasteiger partial charge in [0, 0.05) is 37.6 Å². The van der Waals surface area contributed by atoms with Gasteiger partial charge in [0.2, 0.25) is 5.56 Å². The highest BCUT2D eigenvalue weighted by atomic mass is 19.1. The van der Waals surface area contributed by atoms with Crippen LogP contribution in [-0.4, -0.2) is 54.4 Å². The summed E-state index contributed by atoms with van der Waals surface area (Å²) in [4.78, 5) is 45.0. The lowest BCUT2D eigenvalue weighted by molar-refractivity contribution is -0.114. The summed E-state index contributed by atoms with van der Waals surface area (Å²) in [5.41, 5.74) is 2.15. The molecule has 2 aliphatic rings. The Kier molecular flexibility index (Phi) is 4.36. The predicted octanol–water partition coefficient (Wildman–Crippen LogP) is 1.98. The molecule has 2 aromatic carbocycles. The fourth-order valence-corrected chi connectivity index (χ4v) is 4.19. The highest BCUT2D eigenvalue weighted by molar-refractivity contribution is 6.52. The highest BCUT2D eigenvalue weighted by Crippen LogP contribution is 2.29. The second-order valence-electron chi connectivity index (χ2n) is 7.53. The van der Waals surface area contributed by atoms with Gasteiger partial charge in [-0.2, -0.15) is 0 Å². The molecule has 5 rings (SSSR count). The van der Waals surface area contributed by atoms with Crippen molar-refractivity contribution in [3.8, 4) is 0 Å². The van der Waals surface area contributed by atoms with Crippen LogP contribution < -0.4 is 15.4 Å². The van der Waals surface area contributed by atoms with Crippen LogP contribution in [0.2, 0.25) is 0 Å². The molecule has 1 aromatic heterocycles. The standard InChI is InChI=1S/C22H19FN4O3/c23-14-5-6-17-16(11-14)19(12-20(28)24-17)26-9-7-25(8-10-26)13-27-18-4-2-1-3-15(18)21(29)22(27)30/h1-6,11-12H,7-10,13H2,(H,24,28). The lowest BCUT2D eigenvalue weighted by Crippen LogP contribution is -2.51. The van der Waals surface area contributed by atoms with Crippen LogP contribution in [0, 0.1) is 5.82 Å². The number of piperazine rings is 1. The van der Waals surface area contributed by atoms with Crippen molar-refractivity contribution in [2.24, 2.45) is 0 Å². The number of aromatic nitrogens is 1. The number of halogens is 1. The number of ketones is 1. The second-order valence-corrected chi connectivity index (χ2v) is 7.53. The SMILES string of the molecule is O=C1C(=O)N(CN2CCN(c3cc(=O)[nH]c4ccc(F)cc34)CC2)c2ccccc21. The number of hydrogen-bond donors (Lipinski definition) is 1. The van der Waals surface area contributed by atoms with Crippen molar-refractivity contribution in [3.05, 3.63) is 70.3 Å². The number of amides is 1. The first-order valence-corrected chi connectivity index (χ1v) is 9.76. The molecule has 0 saturated carbocycles. The average Bonchev–Trinajstić information content (AvgIpc) is 2.99. The van der Waals surface area contributed by atoms with E-state index in [1.807, 2.05) is 6.07 Å². The van der Waals surface area contributed by atoms with Crippen LogP contribution in [0.3, 0.4) is 0 Å². The zero-order valence-electron chi connectivity index (χ0n) is 16.1. The molecule has 0 aliphatic carbocycles. The number of anilines is 2. The Labute approximate surface area is 171 Å². The third-order valence-corrected chi connectivity index (χ3v) is 5.72. The topological polar surface area (TPSA) is 76.7 Å². The van der Waals surface area contributed by atoms with Crippen LogP contribution in [0.1, 0.15) is 10.4 Å². The van der Waals surface area contributed by atoms with Gasteiger partial charge in [-0.25, -0.2) is 4.39 Å². The Balaban J connectivity index is 1.34. The van der Waals surface area contributed by atoms with Gasteiger partial charge < -0.3 is 9.88 Å². The molecule has 3 aromatic rings. The summed E-state index contributed by atoms with van der Waals surface area (Å²) in [6, 6.07) is 12.8. The number of fused-ring (bicyclic) bond motifs is 2.